The third kappa shape index (κ3) is 4.44. The quantitative estimate of drug-likeness (QED) is 0.392. The van der Waals surface area contributed by atoms with Crippen LogP contribution in [-0.4, -0.2) is 18.1 Å². The fourth-order valence-electron chi connectivity index (χ4n) is 5.17. The molecule has 0 saturated heterocycles. The second kappa shape index (κ2) is 9.21. The van der Waals surface area contributed by atoms with E-state index in [1.54, 1.807) is 12.3 Å². The van der Waals surface area contributed by atoms with Crippen LogP contribution in [0.25, 0.3) is 11.1 Å². The number of ether oxygens (including phenoxy) is 2. The lowest BCUT2D eigenvalue weighted by Crippen LogP contribution is -2.23. The number of halogens is 1. The van der Waals surface area contributed by atoms with Gasteiger partial charge in [-0.25, -0.2) is 4.39 Å². The monoisotopic (exact) mass is 459 g/mol. The average molecular weight is 460 g/mol. The maximum Gasteiger partial charge on any atom is 0.309 e. The number of methoxy groups -OCH3 is 1. The van der Waals surface area contributed by atoms with E-state index in [1.807, 2.05) is 32.0 Å². The van der Waals surface area contributed by atoms with Crippen molar-refractivity contribution < 1.29 is 18.7 Å². The minimum atomic E-state index is -0.248. The van der Waals surface area contributed by atoms with Crippen LogP contribution in [0.5, 0.6) is 5.75 Å². The molecule has 1 aromatic heterocycles. The second-order valence-electron chi connectivity index (χ2n) is 9.64. The second-order valence-corrected chi connectivity index (χ2v) is 9.64. The SMILES string of the molecule is COC(=O)[C@@H](C)[C@H](c1ccc2c(c1)OC(c1ccc(-c3cc(C)ccc3F)cn1)CC2)C1CC1. The van der Waals surface area contributed by atoms with Crippen LogP contribution in [0.3, 0.4) is 0 Å². The van der Waals surface area contributed by atoms with E-state index in [1.165, 1.54) is 18.7 Å². The predicted octanol–water partition coefficient (Wildman–Crippen LogP) is 6.57. The molecular formula is C29H30FNO3. The van der Waals surface area contributed by atoms with Gasteiger partial charge in [-0.3, -0.25) is 9.78 Å². The first kappa shape index (κ1) is 22.6. The van der Waals surface area contributed by atoms with E-state index in [9.17, 15) is 9.18 Å². The molecule has 5 rings (SSSR count). The number of aryl methyl sites for hydroxylation is 2. The summed E-state index contributed by atoms with van der Waals surface area (Å²) >= 11 is 0. The highest BCUT2D eigenvalue weighted by molar-refractivity contribution is 5.73. The van der Waals surface area contributed by atoms with Crippen LogP contribution >= 0.6 is 0 Å². The Bertz CT molecular complexity index is 1200. The molecule has 1 saturated carbocycles. The molecule has 1 fully saturated rings. The molecule has 0 bridgehead atoms. The summed E-state index contributed by atoms with van der Waals surface area (Å²) in [5.41, 5.74) is 5.48. The number of aromatic nitrogens is 1. The van der Waals surface area contributed by atoms with E-state index in [4.69, 9.17) is 9.47 Å². The van der Waals surface area contributed by atoms with Gasteiger partial charge in [0.25, 0.3) is 0 Å². The largest absolute Gasteiger partial charge is 0.484 e. The summed E-state index contributed by atoms with van der Waals surface area (Å²) in [4.78, 5) is 16.9. The fourth-order valence-corrected chi connectivity index (χ4v) is 5.17. The number of carbonyl (C=O) groups excluding carboxylic acids is 1. The molecule has 176 valence electrons. The van der Waals surface area contributed by atoms with Gasteiger partial charge in [0, 0.05) is 17.3 Å². The third-order valence-electron chi connectivity index (χ3n) is 7.21. The Kier molecular flexibility index (Phi) is 6.11. The first-order valence-electron chi connectivity index (χ1n) is 12.0. The zero-order chi connectivity index (χ0) is 23.8. The maximum atomic E-state index is 14.3. The number of hydrogen-bond donors (Lipinski definition) is 0. The lowest BCUT2D eigenvalue weighted by molar-refractivity contribution is -0.145. The van der Waals surface area contributed by atoms with Gasteiger partial charge in [-0.1, -0.05) is 36.8 Å². The predicted molar refractivity (Wildman–Crippen MR) is 129 cm³/mol. The van der Waals surface area contributed by atoms with Crippen LogP contribution in [0.15, 0.2) is 54.7 Å². The fraction of sp³-hybridized carbons (Fsp3) is 0.379. The summed E-state index contributed by atoms with van der Waals surface area (Å²) in [5, 5.41) is 0. The molecule has 4 nitrogen and oxygen atoms in total. The van der Waals surface area contributed by atoms with Gasteiger partial charge < -0.3 is 9.47 Å². The number of esters is 1. The van der Waals surface area contributed by atoms with Gasteiger partial charge in [0.15, 0.2) is 0 Å². The van der Waals surface area contributed by atoms with Gasteiger partial charge in [-0.2, -0.15) is 0 Å². The molecular weight excluding hydrogens is 429 g/mol. The Morgan fingerprint density at radius 3 is 2.65 bits per heavy atom. The molecule has 2 aliphatic rings. The summed E-state index contributed by atoms with van der Waals surface area (Å²) in [6.45, 7) is 3.91. The van der Waals surface area contributed by atoms with E-state index in [-0.39, 0.29) is 29.7 Å². The smallest absolute Gasteiger partial charge is 0.309 e. The normalized spacial score (nSPS) is 19.0. The van der Waals surface area contributed by atoms with Gasteiger partial charge in [-0.05, 0) is 79.8 Å². The van der Waals surface area contributed by atoms with Gasteiger partial charge in [0.1, 0.15) is 17.7 Å². The summed E-state index contributed by atoms with van der Waals surface area (Å²) < 4.78 is 25.7. The van der Waals surface area contributed by atoms with Gasteiger partial charge in [0.2, 0.25) is 0 Å². The Balaban J connectivity index is 1.37. The van der Waals surface area contributed by atoms with Crippen molar-refractivity contribution in [2.75, 3.05) is 7.11 Å². The molecule has 1 aliphatic carbocycles. The Hall–Kier alpha value is -3.21. The Morgan fingerprint density at radius 1 is 1.12 bits per heavy atom. The van der Waals surface area contributed by atoms with Crippen LogP contribution in [0.2, 0.25) is 0 Å². The van der Waals surface area contributed by atoms with Crippen molar-refractivity contribution >= 4 is 5.97 Å². The molecule has 3 aromatic rings. The molecule has 5 heteroatoms. The molecule has 34 heavy (non-hydrogen) atoms. The molecule has 2 heterocycles. The van der Waals surface area contributed by atoms with Crippen LogP contribution in [0, 0.1) is 24.6 Å². The number of nitrogens with zero attached hydrogens (tertiary/aromatic N) is 1. The molecule has 3 atom stereocenters. The van der Waals surface area contributed by atoms with Crippen molar-refractivity contribution in [3.05, 3.63) is 82.9 Å². The molecule has 1 unspecified atom stereocenters. The van der Waals surface area contributed by atoms with Crippen LogP contribution in [0.1, 0.15) is 60.6 Å². The number of hydrogen-bond acceptors (Lipinski definition) is 4. The summed E-state index contributed by atoms with van der Waals surface area (Å²) in [6, 6.07) is 15.3. The molecule has 1 aliphatic heterocycles. The first-order chi connectivity index (χ1) is 16.4. The topological polar surface area (TPSA) is 48.4 Å². The zero-order valence-corrected chi connectivity index (χ0v) is 19.9. The minimum Gasteiger partial charge on any atom is -0.484 e. The van der Waals surface area contributed by atoms with Crippen molar-refractivity contribution in [2.24, 2.45) is 11.8 Å². The van der Waals surface area contributed by atoms with E-state index in [0.717, 1.165) is 53.8 Å². The summed E-state index contributed by atoms with van der Waals surface area (Å²) in [5.74, 6) is 0.925. The van der Waals surface area contributed by atoms with Gasteiger partial charge in [0.05, 0.1) is 18.7 Å². The van der Waals surface area contributed by atoms with Crippen molar-refractivity contribution in [2.45, 2.75) is 51.6 Å². The van der Waals surface area contributed by atoms with Gasteiger partial charge >= 0.3 is 5.97 Å². The van der Waals surface area contributed by atoms with E-state index in [0.29, 0.717) is 11.5 Å². The highest BCUT2D eigenvalue weighted by Gasteiger charge is 2.39. The van der Waals surface area contributed by atoms with Crippen LogP contribution in [0.4, 0.5) is 4.39 Å². The summed E-state index contributed by atoms with van der Waals surface area (Å²) in [7, 11) is 1.45. The highest BCUT2D eigenvalue weighted by atomic mass is 19.1. The molecule has 2 aromatic carbocycles. The Morgan fingerprint density at radius 2 is 1.94 bits per heavy atom. The molecule has 0 amide bonds. The van der Waals surface area contributed by atoms with Crippen molar-refractivity contribution in [3.8, 4) is 16.9 Å². The maximum absolute atomic E-state index is 14.3. The van der Waals surface area contributed by atoms with Crippen LogP contribution < -0.4 is 4.74 Å². The number of pyridine rings is 1. The lowest BCUT2D eigenvalue weighted by Gasteiger charge is -2.28. The molecule has 0 spiro atoms. The standard InChI is InChI=1S/C29H30FNO3/c1-17-4-11-24(30)23(14-17)22-9-12-25(31-16-22)26-13-10-19-5-8-21(15-27(19)34-26)28(20-6-7-20)18(2)29(32)33-3/h4-5,8-9,11-12,14-16,18,20,26,28H,6-7,10,13H2,1-3H3/t18-,26?,28-/m0/s1. The molecule has 0 radical (unpaired) electrons. The van der Waals surface area contributed by atoms with E-state index < -0.39 is 0 Å². The third-order valence-corrected chi connectivity index (χ3v) is 7.21. The Labute approximate surface area is 200 Å². The average Bonchev–Trinajstić information content (AvgIpc) is 3.70. The highest BCUT2D eigenvalue weighted by Crippen LogP contribution is 2.48. The first-order valence-corrected chi connectivity index (χ1v) is 12.0. The lowest BCUT2D eigenvalue weighted by atomic mass is 9.82. The van der Waals surface area contributed by atoms with E-state index in [2.05, 4.69) is 23.2 Å². The number of rotatable bonds is 6. The zero-order valence-electron chi connectivity index (χ0n) is 19.9. The molecule has 0 N–H and O–H groups in total. The van der Waals surface area contributed by atoms with E-state index >= 15 is 0 Å². The van der Waals surface area contributed by atoms with Crippen molar-refractivity contribution in [3.63, 3.8) is 0 Å². The van der Waals surface area contributed by atoms with Gasteiger partial charge in [-0.15, -0.1) is 0 Å². The number of benzene rings is 2. The van der Waals surface area contributed by atoms with Crippen LogP contribution in [-0.2, 0) is 16.0 Å². The summed E-state index contributed by atoms with van der Waals surface area (Å²) in [6.07, 6.45) is 5.59. The minimum absolute atomic E-state index is 0.142. The number of carbonyl (C=O) groups is 1. The van der Waals surface area contributed by atoms with Crippen molar-refractivity contribution in [1.29, 1.82) is 0 Å². The van der Waals surface area contributed by atoms with Crippen molar-refractivity contribution in [1.82, 2.24) is 4.98 Å². The number of fused-ring (bicyclic) bond motifs is 1.